The molecular weight excluding hydrogens is 457 g/mol. The van der Waals surface area contributed by atoms with Crippen LogP contribution in [-0.2, 0) is 4.79 Å². The Kier molecular flexibility index (Phi) is 5.62. The van der Waals surface area contributed by atoms with Gasteiger partial charge in [0.25, 0.3) is 11.5 Å². The summed E-state index contributed by atoms with van der Waals surface area (Å²) in [6, 6.07) is 18.1. The van der Waals surface area contributed by atoms with Crippen molar-refractivity contribution in [3.05, 3.63) is 119 Å². The second-order valence-electron chi connectivity index (χ2n) is 7.47. The Morgan fingerprint density at radius 2 is 1.85 bits per heavy atom. The van der Waals surface area contributed by atoms with Crippen molar-refractivity contribution >= 4 is 40.3 Å². The maximum Gasteiger partial charge on any atom is 0.271 e. The fourth-order valence-corrected chi connectivity index (χ4v) is 5.56. The third kappa shape index (κ3) is 4.10. The van der Waals surface area contributed by atoms with Gasteiger partial charge in [0.05, 0.1) is 21.8 Å². The first-order chi connectivity index (χ1) is 16.0. The van der Waals surface area contributed by atoms with Gasteiger partial charge >= 0.3 is 0 Å². The second-order valence-corrected chi connectivity index (χ2v) is 9.46. The molecule has 0 fully saturated rings. The maximum absolute atomic E-state index is 13.7. The minimum absolute atomic E-state index is 0.237. The molecule has 5 rings (SSSR count). The van der Waals surface area contributed by atoms with E-state index in [1.54, 1.807) is 31.2 Å². The molecule has 3 heterocycles. The molecule has 0 aliphatic carbocycles. The van der Waals surface area contributed by atoms with Crippen LogP contribution in [0.2, 0.25) is 0 Å². The normalized spacial score (nSPS) is 15.8. The minimum Gasteiger partial charge on any atom is -0.322 e. The molecule has 1 N–H and O–H groups in total. The van der Waals surface area contributed by atoms with E-state index in [9.17, 15) is 14.0 Å². The molecule has 0 bridgehead atoms. The lowest BCUT2D eigenvalue weighted by Crippen LogP contribution is -2.40. The molecule has 0 radical (unpaired) electrons. The Morgan fingerprint density at radius 1 is 1.09 bits per heavy atom. The van der Waals surface area contributed by atoms with Gasteiger partial charge in [0.1, 0.15) is 5.82 Å². The van der Waals surface area contributed by atoms with Crippen LogP contribution in [0.1, 0.15) is 23.4 Å². The molecule has 0 saturated carbocycles. The third-order valence-corrected chi connectivity index (χ3v) is 7.10. The molecule has 0 spiro atoms. The van der Waals surface area contributed by atoms with Crippen molar-refractivity contribution in [3.63, 3.8) is 0 Å². The fourth-order valence-electron chi connectivity index (χ4n) is 3.79. The number of benzene rings is 2. The molecule has 1 amide bonds. The van der Waals surface area contributed by atoms with Crippen LogP contribution >= 0.6 is 22.7 Å². The number of thiazole rings is 1. The van der Waals surface area contributed by atoms with Gasteiger partial charge in [0.2, 0.25) is 0 Å². The molecule has 1 aliphatic heterocycles. The number of allylic oxidation sites excluding steroid dienone is 1. The summed E-state index contributed by atoms with van der Waals surface area (Å²) in [5.41, 5.74) is 1.89. The number of para-hydroxylation sites is 1. The molecule has 164 valence electrons. The number of halogens is 1. The summed E-state index contributed by atoms with van der Waals surface area (Å²) in [6.07, 6.45) is 1.83. The van der Waals surface area contributed by atoms with E-state index in [1.165, 1.54) is 39.4 Å². The van der Waals surface area contributed by atoms with Gasteiger partial charge in [0, 0.05) is 10.6 Å². The Morgan fingerprint density at radius 3 is 2.55 bits per heavy atom. The van der Waals surface area contributed by atoms with Crippen LogP contribution in [0.3, 0.4) is 0 Å². The molecule has 2 aromatic carbocycles. The Bertz CT molecular complexity index is 1530. The summed E-state index contributed by atoms with van der Waals surface area (Å²) in [6.45, 7) is 1.76. The number of carbonyl (C=O) groups excluding carboxylic acids is 1. The van der Waals surface area contributed by atoms with E-state index in [4.69, 9.17) is 0 Å². The van der Waals surface area contributed by atoms with E-state index in [0.29, 0.717) is 31.9 Å². The average Bonchev–Trinajstić information content (AvgIpc) is 3.42. The lowest BCUT2D eigenvalue weighted by atomic mass is 9.95. The largest absolute Gasteiger partial charge is 0.322 e. The number of anilines is 1. The Balaban J connectivity index is 1.68. The number of aromatic nitrogens is 1. The lowest BCUT2D eigenvalue weighted by Gasteiger charge is -2.25. The molecule has 0 unspecified atom stereocenters. The third-order valence-electron chi connectivity index (χ3n) is 5.30. The predicted molar refractivity (Wildman–Crippen MR) is 130 cm³/mol. The molecule has 8 heteroatoms. The van der Waals surface area contributed by atoms with Gasteiger partial charge in [-0.2, -0.15) is 0 Å². The number of fused-ring (bicyclic) bond motifs is 1. The van der Waals surface area contributed by atoms with Gasteiger partial charge in [-0.05, 0) is 54.3 Å². The van der Waals surface area contributed by atoms with Crippen molar-refractivity contribution in [3.8, 4) is 0 Å². The second kappa shape index (κ2) is 8.73. The van der Waals surface area contributed by atoms with Crippen LogP contribution in [0.5, 0.6) is 0 Å². The number of hydrogen-bond donors (Lipinski definition) is 1. The summed E-state index contributed by atoms with van der Waals surface area (Å²) >= 11 is 2.81. The quantitative estimate of drug-likeness (QED) is 0.484. The van der Waals surface area contributed by atoms with Crippen LogP contribution in [0.15, 0.2) is 93.2 Å². The monoisotopic (exact) mass is 475 g/mol. The standard InChI is InChI=1S/C25H18FN3O2S2/c1-15-21(23(30)28-18-6-3-2-4-7-18)22(16-9-11-17(26)12-10-16)29-24(31)20(33-25(29)27-15)14-19-8-5-13-32-19/h2-14,22H,1H3,(H,28,30)/b20-14+/t22-/m0/s1. The number of nitrogens with zero attached hydrogens (tertiary/aromatic N) is 2. The zero-order valence-corrected chi connectivity index (χ0v) is 19.1. The van der Waals surface area contributed by atoms with Crippen LogP contribution in [0.25, 0.3) is 6.08 Å². The van der Waals surface area contributed by atoms with Crippen LogP contribution < -0.4 is 20.2 Å². The summed E-state index contributed by atoms with van der Waals surface area (Å²) in [4.78, 5) is 32.9. The SMILES string of the molecule is CC1=C(C(=O)Nc2ccccc2)[C@H](c2ccc(F)cc2)n2c(s/c(=C/c3cccs3)c2=O)=N1. The van der Waals surface area contributed by atoms with Crippen molar-refractivity contribution in [1.29, 1.82) is 0 Å². The van der Waals surface area contributed by atoms with Gasteiger partial charge in [-0.25, -0.2) is 9.38 Å². The first-order valence-corrected chi connectivity index (χ1v) is 11.9. The van der Waals surface area contributed by atoms with Crippen LogP contribution in [-0.4, -0.2) is 10.5 Å². The Labute approximate surface area is 196 Å². The van der Waals surface area contributed by atoms with Gasteiger partial charge in [-0.15, -0.1) is 11.3 Å². The van der Waals surface area contributed by atoms with Gasteiger partial charge in [-0.1, -0.05) is 47.7 Å². The number of thiophene rings is 1. The maximum atomic E-state index is 13.7. The highest BCUT2D eigenvalue weighted by Crippen LogP contribution is 2.30. The highest BCUT2D eigenvalue weighted by molar-refractivity contribution is 7.11. The minimum atomic E-state index is -0.726. The first-order valence-electron chi connectivity index (χ1n) is 10.2. The summed E-state index contributed by atoms with van der Waals surface area (Å²) < 4.78 is 15.7. The summed E-state index contributed by atoms with van der Waals surface area (Å²) in [5.74, 6) is -0.746. The number of hydrogen-bond acceptors (Lipinski definition) is 5. The summed E-state index contributed by atoms with van der Waals surface area (Å²) in [5, 5.41) is 4.84. The molecule has 1 atom stereocenters. The number of carbonyl (C=O) groups is 1. The molecule has 4 aromatic rings. The highest BCUT2D eigenvalue weighted by Gasteiger charge is 2.32. The summed E-state index contributed by atoms with van der Waals surface area (Å²) in [7, 11) is 0. The van der Waals surface area contributed by atoms with Crippen molar-refractivity contribution in [1.82, 2.24) is 4.57 Å². The van der Waals surface area contributed by atoms with Crippen molar-refractivity contribution in [2.75, 3.05) is 5.32 Å². The van der Waals surface area contributed by atoms with E-state index in [0.717, 1.165) is 4.88 Å². The zero-order chi connectivity index (χ0) is 22.9. The molecule has 0 saturated heterocycles. The first kappa shape index (κ1) is 21.2. The number of amides is 1. The molecule has 5 nitrogen and oxygen atoms in total. The van der Waals surface area contributed by atoms with Gasteiger partial charge in [0.15, 0.2) is 4.80 Å². The van der Waals surface area contributed by atoms with E-state index in [-0.39, 0.29) is 17.3 Å². The average molecular weight is 476 g/mol. The molecular formula is C25H18FN3O2S2. The number of rotatable bonds is 4. The van der Waals surface area contributed by atoms with Crippen LogP contribution in [0.4, 0.5) is 10.1 Å². The van der Waals surface area contributed by atoms with Crippen molar-refractivity contribution in [2.45, 2.75) is 13.0 Å². The zero-order valence-electron chi connectivity index (χ0n) is 17.5. The Hall–Kier alpha value is -3.62. The smallest absolute Gasteiger partial charge is 0.271 e. The van der Waals surface area contributed by atoms with E-state index in [2.05, 4.69) is 10.3 Å². The van der Waals surface area contributed by atoms with E-state index in [1.807, 2.05) is 41.8 Å². The molecule has 1 aliphatic rings. The van der Waals surface area contributed by atoms with Gasteiger partial charge in [-0.3, -0.25) is 14.2 Å². The van der Waals surface area contributed by atoms with E-state index < -0.39 is 6.04 Å². The highest BCUT2D eigenvalue weighted by atomic mass is 32.1. The topological polar surface area (TPSA) is 63.5 Å². The van der Waals surface area contributed by atoms with Crippen molar-refractivity contribution in [2.24, 2.45) is 4.99 Å². The lowest BCUT2D eigenvalue weighted by molar-refractivity contribution is -0.113. The van der Waals surface area contributed by atoms with Crippen molar-refractivity contribution < 1.29 is 9.18 Å². The fraction of sp³-hybridized carbons (Fsp3) is 0.0800. The predicted octanol–water partition coefficient (Wildman–Crippen LogP) is 4.07. The molecule has 2 aromatic heterocycles. The van der Waals surface area contributed by atoms with Crippen LogP contribution in [0, 0.1) is 5.82 Å². The van der Waals surface area contributed by atoms with Gasteiger partial charge < -0.3 is 5.32 Å². The number of nitrogens with one attached hydrogen (secondary N) is 1. The van der Waals surface area contributed by atoms with E-state index >= 15 is 0 Å². The molecule has 33 heavy (non-hydrogen) atoms.